The summed E-state index contributed by atoms with van der Waals surface area (Å²) >= 11 is 0.247. The largest absolute Gasteiger partial charge is 0.454 e. The highest BCUT2D eigenvalue weighted by atomic mass is 32.2. The number of thioether (sulfide) groups is 1. The predicted molar refractivity (Wildman–Crippen MR) is 101 cm³/mol. The summed E-state index contributed by atoms with van der Waals surface area (Å²) in [5.74, 6) is -3.88. The predicted octanol–water partition coefficient (Wildman–Crippen LogP) is 4.17. The number of Topliss-reactive ketones (excluding diaryl/α,β-unsaturated/α-hetero) is 1. The molecule has 28 heavy (non-hydrogen) atoms. The van der Waals surface area contributed by atoms with Crippen molar-refractivity contribution < 1.29 is 27.9 Å². The lowest BCUT2D eigenvalue weighted by Crippen LogP contribution is -2.23. The summed E-state index contributed by atoms with van der Waals surface area (Å²) in [6.07, 6.45) is 1.32. The van der Waals surface area contributed by atoms with Gasteiger partial charge in [0, 0.05) is 29.1 Å². The molecule has 5 nitrogen and oxygen atoms in total. The molecule has 0 aliphatic carbocycles. The molecule has 0 atom stereocenters. The molecule has 1 aliphatic heterocycles. The Morgan fingerprint density at radius 2 is 1.82 bits per heavy atom. The topological polar surface area (TPSA) is 63.7 Å². The molecule has 8 heteroatoms. The van der Waals surface area contributed by atoms with Crippen molar-refractivity contribution in [1.29, 1.82) is 0 Å². The Labute approximate surface area is 164 Å². The molecule has 0 saturated carbocycles. The van der Waals surface area contributed by atoms with Gasteiger partial charge in [-0.3, -0.25) is 9.59 Å². The first-order valence-corrected chi connectivity index (χ1v) is 9.48. The Morgan fingerprint density at radius 1 is 1.11 bits per heavy atom. The number of esters is 1. The van der Waals surface area contributed by atoms with E-state index >= 15 is 0 Å². The summed E-state index contributed by atoms with van der Waals surface area (Å²) in [4.78, 5) is 37.9. The number of carbonyl (C=O) groups excluding carboxylic acids is 3. The van der Waals surface area contributed by atoms with E-state index in [0.29, 0.717) is 24.2 Å². The van der Waals surface area contributed by atoms with Crippen molar-refractivity contribution >= 4 is 35.1 Å². The minimum atomic E-state index is -2.67. The second kappa shape index (κ2) is 8.97. The van der Waals surface area contributed by atoms with Crippen molar-refractivity contribution in [3.8, 4) is 0 Å². The third kappa shape index (κ3) is 4.75. The van der Waals surface area contributed by atoms with Crippen LogP contribution in [0.1, 0.15) is 33.6 Å². The highest BCUT2D eigenvalue weighted by molar-refractivity contribution is 7.99. The summed E-state index contributed by atoms with van der Waals surface area (Å²) in [5, 5.41) is 0. The zero-order valence-electron chi connectivity index (χ0n) is 14.8. The smallest absolute Gasteiger partial charge is 0.339 e. The van der Waals surface area contributed by atoms with Crippen LogP contribution in [-0.2, 0) is 9.53 Å². The van der Waals surface area contributed by atoms with Crippen molar-refractivity contribution in [3.63, 3.8) is 0 Å². The molecule has 3 rings (SSSR count). The number of amides is 1. The standard InChI is InChI=1S/C20H17F2NO4S/c21-20(22)28-17-5-2-1-4-15(17)19(26)27-12-16(24)13-7-9-14(10-8-13)23-11-3-6-18(23)25/h1-2,4-5,7-10,20H,3,6,11-12H2. The van der Waals surface area contributed by atoms with Crippen LogP contribution in [0.25, 0.3) is 0 Å². The number of hydrogen-bond acceptors (Lipinski definition) is 5. The van der Waals surface area contributed by atoms with E-state index in [0.717, 1.165) is 6.42 Å². The summed E-state index contributed by atoms with van der Waals surface area (Å²) in [6, 6.07) is 12.3. The number of anilines is 1. The van der Waals surface area contributed by atoms with Gasteiger partial charge in [0.15, 0.2) is 12.4 Å². The van der Waals surface area contributed by atoms with Gasteiger partial charge in [0.25, 0.3) is 5.76 Å². The Bertz CT molecular complexity index is 886. The number of alkyl halides is 2. The average Bonchev–Trinajstić information content (AvgIpc) is 3.12. The Morgan fingerprint density at radius 3 is 2.46 bits per heavy atom. The third-order valence-electron chi connectivity index (χ3n) is 4.23. The molecule has 0 bridgehead atoms. The molecule has 0 spiro atoms. The van der Waals surface area contributed by atoms with Crippen LogP contribution >= 0.6 is 11.8 Å². The molecule has 0 unspecified atom stereocenters. The van der Waals surface area contributed by atoms with Gasteiger partial charge in [-0.1, -0.05) is 23.9 Å². The first-order valence-electron chi connectivity index (χ1n) is 8.60. The van der Waals surface area contributed by atoms with E-state index in [1.54, 1.807) is 35.2 Å². The zero-order valence-corrected chi connectivity index (χ0v) is 15.6. The van der Waals surface area contributed by atoms with Crippen LogP contribution in [0, 0.1) is 0 Å². The van der Waals surface area contributed by atoms with Crippen molar-refractivity contribution in [3.05, 3.63) is 59.7 Å². The number of nitrogens with zero attached hydrogens (tertiary/aromatic N) is 1. The number of rotatable bonds is 7. The highest BCUT2D eigenvalue weighted by Gasteiger charge is 2.22. The lowest BCUT2D eigenvalue weighted by molar-refractivity contribution is -0.117. The number of halogens is 2. The van der Waals surface area contributed by atoms with E-state index in [-0.39, 0.29) is 28.1 Å². The van der Waals surface area contributed by atoms with E-state index in [2.05, 4.69) is 0 Å². The zero-order chi connectivity index (χ0) is 20.1. The highest BCUT2D eigenvalue weighted by Crippen LogP contribution is 2.29. The normalized spacial score (nSPS) is 13.8. The quantitative estimate of drug-likeness (QED) is 0.393. The van der Waals surface area contributed by atoms with Crippen LogP contribution in [0.2, 0.25) is 0 Å². The molecular weight excluding hydrogens is 388 g/mol. The lowest BCUT2D eigenvalue weighted by atomic mass is 10.1. The fourth-order valence-electron chi connectivity index (χ4n) is 2.87. The molecule has 0 N–H and O–H groups in total. The van der Waals surface area contributed by atoms with Crippen LogP contribution in [-0.4, -0.2) is 36.6 Å². The van der Waals surface area contributed by atoms with Crippen molar-refractivity contribution in [2.75, 3.05) is 18.1 Å². The van der Waals surface area contributed by atoms with Gasteiger partial charge in [-0.15, -0.1) is 0 Å². The van der Waals surface area contributed by atoms with Crippen LogP contribution in [0.4, 0.5) is 14.5 Å². The van der Waals surface area contributed by atoms with Gasteiger partial charge >= 0.3 is 5.97 Å². The van der Waals surface area contributed by atoms with Gasteiger partial charge in [-0.05, 0) is 42.8 Å². The molecule has 0 aromatic heterocycles. The maximum atomic E-state index is 12.6. The van der Waals surface area contributed by atoms with E-state index in [4.69, 9.17) is 4.74 Å². The minimum Gasteiger partial charge on any atom is -0.454 e. The van der Waals surface area contributed by atoms with Crippen molar-refractivity contribution in [1.82, 2.24) is 0 Å². The van der Waals surface area contributed by atoms with E-state index < -0.39 is 24.1 Å². The van der Waals surface area contributed by atoms with Gasteiger partial charge in [-0.2, -0.15) is 8.78 Å². The van der Waals surface area contributed by atoms with E-state index in [1.165, 1.54) is 18.2 Å². The summed E-state index contributed by atoms with van der Waals surface area (Å²) in [7, 11) is 0. The van der Waals surface area contributed by atoms with Crippen molar-refractivity contribution in [2.24, 2.45) is 0 Å². The van der Waals surface area contributed by atoms with Gasteiger partial charge in [0.2, 0.25) is 5.91 Å². The molecule has 1 fully saturated rings. The van der Waals surface area contributed by atoms with Gasteiger partial charge in [0.05, 0.1) is 5.56 Å². The molecule has 1 amide bonds. The Kier molecular flexibility index (Phi) is 6.41. The SMILES string of the molecule is O=C(COC(=O)c1ccccc1SC(F)F)c1ccc(N2CCCC2=O)cc1. The number of ketones is 1. The molecule has 1 aliphatic rings. The molecular formula is C20H17F2NO4S. The number of ether oxygens (including phenoxy) is 1. The fourth-order valence-corrected chi connectivity index (χ4v) is 3.50. The maximum Gasteiger partial charge on any atom is 0.339 e. The number of hydrogen-bond donors (Lipinski definition) is 0. The van der Waals surface area contributed by atoms with Gasteiger partial charge in [0.1, 0.15) is 0 Å². The summed E-state index contributed by atoms with van der Waals surface area (Å²) in [5.41, 5.74) is 1.04. The van der Waals surface area contributed by atoms with Crippen LogP contribution in [0.3, 0.4) is 0 Å². The summed E-state index contributed by atoms with van der Waals surface area (Å²) in [6.45, 7) is 0.147. The minimum absolute atomic E-state index is 0.0107. The van der Waals surface area contributed by atoms with E-state index in [1.807, 2.05) is 0 Å². The molecule has 1 saturated heterocycles. The van der Waals surface area contributed by atoms with Crippen molar-refractivity contribution in [2.45, 2.75) is 23.5 Å². The Balaban J connectivity index is 1.61. The average molecular weight is 405 g/mol. The molecule has 146 valence electrons. The molecule has 2 aromatic carbocycles. The molecule has 2 aromatic rings. The maximum absolute atomic E-state index is 12.6. The number of benzene rings is 2. The third-order valence-corrected chi connectivity index (χ3v) is 5.02. The molecule has 1 heterocycles. The fraction of sp³-hybridized carbons (Fsp3) is 0.250. The van der Waals surface area contributed by atoms with Crippen LogP contribution < -0.4 is 4.90 Å². The van der Waals surface area contributed by atoms with E-state index in [9.17, 15) is 23.2 Å². The number of carbonyl (C=O) groups is 3. The lowest BCUT2D eigenvalue weighted by Gasteiger charge is -2.15. The van der Waals surface area contributed by atoms with Crippen LogP contribution in [0.15, 0.2) is 53.4 Å². The summed E-state index contributed by atoms with van der Waals surface area (Å²) < 4.78 is 30.2. The first-order chi connectivity index (χ1) is 13.5. The molecule has 0 radical (unpaired) electrons. The van der Waals surface area contributed by atoms with Gasteiger partial charge in [-0.25, -0.2) is 4.79 Å². The van der Waals surface area contributed by atoms with Crippen LogP contribution in [0.5, 0.6) is 0 Å². The second-order valence-electron chi connectivity index (χ2n) is 6.07. The van der Waals surface area contributed by atoms with Gasteiger partial charge < -0.3 is 9.64 Å². The first kappa shape index (κ1) is 20.0. The second-order valence-corrected chi connectivity index (χ2v) is 7.10. The Hall–Kier alpha value is -2.74. The monoisotopic (exact) mass is 405 g/mol.